The van der Waals surface area contributed by atoms with Gasteiger partial charge in [-0.2, -0.15) is 0 Å². The summed E-state index contributed by atoms with van der Waals surface area (Å²) in [5.74, 6) is -1.61. The Labute approximate surface area is 119 Å². The Bertz CT molecular complexity index is 400. The molecule has 20 heavy (non-hydrogen) atoms. The highest BCUT2D eigenvalue weighted by Gasteiger charge is 2.26. The number of halogens is 2. The Hall–Kier alpha value is -1.23. The van der Waals surface area contributed by atoms with Gasteiger partial charge in [0, 0.05) is 45.2 Å². The lowest BCUT2D eigenvalue weighted by molar-refractivity contribution is -0.0164. The summed E-state index contributed by atoms with van der Waals surface area (Å²) in [6, 6.07) is 3.87. The summed E-state index contributed by atoms with van der Waals surface area (Å²) in [5, 5.41) is 3.29. The molecule has 0 unspecified atom stereocenters. The molecule has 1 N–H and O–H groups in total. The van der Waals surface area contributed by atoms with Crippen molar-refractivity contribution >= 4 is 5.82 Å². The maximum absolute atomic E-state index is 13.4. The molecule has 1 aromatic heterocycles. The summed E-state index contributed by atoms with van der Waals surface area (Å²) in [6.07, 6.45) is 2.53. The van der Waals surface area contributed by atoms with Gasteiger partial charge in [0.15, 0.2) is 0 Å². The van der Waals surface area contributed by atoms with Gasteiger partial charge in [-0.15, -0.1) is 0 Å². The molecule has 0 amide bonds. The summed E-state index contributed by atoms with van der Waals surface area (Å²) >= 11 is 0. The zero-order chi connectivity index (χ0) is 14.4. The van der Waals surface area contributed by atoms with Crippen LogP contribution in [0.1, 0.15) is 31.7 Å². The largest absolute Gasteiger partial charge is 0.354 e. The van der Waals surface area contributed by atoms with Crippen LogP contribution in [0.15, 0.2) is 18.3 Å². The number of aryl methyl sites for hydroxylation is 1. The minimum atomic E-state index is -2.55. The van der Waals surface area contributed by atoms with E-state index in [4.69, 9.17) is 0 Å². The van der Waals surface area contributed by atoms with Crippen LogP contribution in [0.4, 0.5) is 14.6 Å². The van der Waals surface area contributed by atoms with E-state index in [2.05, 4.69) is 15.2 Å². The van der Waals surface area contributed by atoms with Gasteiger partial charge in [-0.25, -0.2) is 13.8 Å². The van der Waals surface area contributed by atoms with Gasteiger partial charge in [0.25, 0.3) is 0 Å². The second-order valence-corrected chi connectivity index (χ2v) is 5.37. The molecule has 3 nitrogen and oxygen atoms in total. The number of rotatable bonds is 6. The number of hydrogen-bond acceptors (Lipinski definition) is 3. The molecule has 2 rings (SSSR count). The first-order chi connectivity index (χ1) is 9.61. The third-order valence-corrected chi connectivity index (χ3v) is 3.65. The van der Waals surface area contributed by atoms with Crippen LogP contribution < -0.4 is 10.2 Å². The topological polar surface area (TPSA) is 28.2 Å². The Balaban J connectivity index is 1.88. The van der Waals surface area contributed by atoms with Gasteiger partial charge in [0.1, 0.15) is 5.82 Å². The normalized spacial score (nSPS) is 16.4. The van der Waals surface area contributed by atoms with E-state index in [-0.39, 0.29) is 12.8 Å². The maximum Gasteiger partial charge on any atom is 0.248 e. The Morgan fingerprint density at radius 1 is 1.25 bits per heavy atom. The van der Waals surface area contributed by atoms with E-state index in [9.17, 15) is 8.78 Å². The third-order valence-electron chi connectivity index (χ3n) is 3.65. The molecule has 0 aromatic carbocycles. The lowest BCUT2D eigenvalue weighted by Gasteiger charge is -2.28. The highest BCUT2D eigenvalue weighted by Crippen LogP contribution is 2.26. The Morgan fingerprint density at radius 3 is 2.60 bits per heavy atom. The van der Waals surface area contributed by atoms with Crippen molar-refractivity contribution in [2.24, 2.45) is 0 Å². The van der Waals surface area contributed by atoms with Gasteiger partial charge < -0.3 is 10.2 Å². The van der Waals surface area contributed by atoms with E-state index in [0.29, 0.717) is 12.8 Å². The molecular weight excluding hydrogens is 260 g/mol. The summed E-state index contributed by atoms with van der Waals surface area (Å²) in [7, 11) is 0. The highest BCUT2D eigenvalue weighted by atomic mass is 19.3. The number of piperazine rings is 1. The zero-order valence-corrected chi connectivity index (χ0v) is 12.0. The maximum atomic E-state index is 13.4. The minimum Gasteiger partial charge on any atom is -0.354 e. The van der Waals surface area contributed by atoms with Crippen molar-refractivity contribution in [2.45, 2.75) is 38.5 Å². The number of nitrogens with one attached hydrogen (secondary N) is 1. The molecule has 1 aromatic rings. The van der Waals surface area contributed by atoms with E-state index in [0.717, 1.165) is 37.6 Å². The molecule has 0 bridgehead atoms. The average molecular weight is 283 g/mol. The number of anilines is 1. The van der Waals surface area contributed by atoms with Gasteiger partial charge in [-0.05, 0) is 18.1 Å². The van der Waals surface area contributed by atoms with Crippen molar-refractivity contribution in [1.29, 1.82) is 0 Å². The SMILES string of the molecule is CCCC(F)(F)CCc1ccc(N2CCNCC2)nc1. The van der Waals surface area contributed by atoms with E-state index in [1.807, 2.05) is 12.1 Å². The van der Waals surface area contributed by atoms with Crippen LogP contribution in [-0.4, -0.2) is 37.1 Å². The lowest BCUT2D eigenvalue weighted by Crippen LogP contribution is -2.43. The summed E-state index contributed by atoms with van der Waals surface area (Å²) in [5.41, 5.74) is 0.889. The number of nitrogens with zero attached hydrogens (tertiary/aromatic N) is 2. The van der Waals surface area contributed by atoms with Crippen molar-refractivity contribution < 1.29 is 8.78 Å². The van der Waals surface area contributed by atoms with Crippen molar-refractivity contribution in [3.8, 4) is 0 Å². The number of aromatic nitrogens is 1. The van der Waals surface area contributed by atoms with Crippen molar-refractivity contribution in [2.75, 3.05) is 31.1 Å². The Kier molecular flexibility index (Phi) is 5.29. The highest BCUT2D eigenvalue weighted by molar-refractivity contribution is 5.39. The zero-order valence-electron chi connectivity index (χ0n) is 12.0. The van der Waals surface area contributed by atoms with E-state index in [1.54, 1.807) is 13.1 Å². The first-order valence-electron chi connectivity index (χ1n) is 7.39. The first kappa shape index (κ1) is 15.2. The van der Waals surface area contributed by atoms with Gasteiger partial charge in [0.05, 0.1) is 0 Å². The van der Waals surface area contributed by atoms with Crippen LogP contribution in [0.2, 0.25) is 0 Å². The Morgan fingerprint density at radius 2 is 2.00 bits per heavy atom. The van der Waals surface area contributed by atoms with E-state index >= 15 is 0 Å². The summed E-state index contributed by atoms with van der Waals surface area (Å²) in [4.78, 5) is 6.62. The molecule has 112 valence electrons. The fourth-order valence-corrected chi connectivity index (χ4v) is 2.46. The fraction of sp³-hybridized carbons (Fsp3) is 0.667. The molecule has 5 heteroatoms. The molecular formula is C15H23F2N3. The molecule has 0 spiro atoms. The van der Waals surface area contributed by atoms with Crippen LogP contribution in [0.5, 0.6) is 0 Å². The van der Waals surface area contributed by atoms with Crippen molar-refractivity contribution in [3.05, 3.63) is 23.9 Å². The molecule has 1 aliphatic rings. The number of pyridine rings is 1. The second-order valence-electron chi connectivity index (χ2n) is 5.37. The van der Waals surface area contributed by atoms with Crippen LogP contribution in [-0.2, 0) is 6.42 Å². The molecule has 1 saturated heterocycles. The monoisotopic (exact) mass is 283 g/mol. The smallest absolute Gasteiger partial charge is 0.248 e. The third kappa shape index (κ3) is 4.40. The van der Waals surface area contributed by atoms with Gasteiger partial charge in [0.2, 0.25) is 5.92 Å². The minimum absolute atomic E-state index is 0.0285. The van der Waals surface area contributed by atoms with E-state index in [1.165, 1.54) is 0 Å². The van der Waals surface area contributed by atoms with Gasteiger partial charge in [-0.3, -0.25) is 0 Å². The first-order valence-corrected chi connectivity index (χ1v) is 7.39. The number of hydrogen-bond donors (Lipinski definition) is 1. The van der Waals surface area contributed by atoms with Crippen LogP contribution in [0, 0.1) is 0 Å². The van der Waals surface area contributed by atoms with Gasteiger partial charge in [-0.1, -0.05) is 19.4 Å². The van der Waals surface area contributed by atoms with Gasteiger partial charge >= 0.3 is 0 Å². The van der Waals surface area contributed by atoms with Crippen molar-refractivity contribution in [3.63, 3.8) is 0 Å². The lowest BCUT2D eigenvalue weighted by atomic mass is 10.0. The van der Waals surface area contributed by atoms with Crippen LogP contribution in [0.3, 0.4) is 0 Å². The molecule has 0 aliphatic carbocycles. The second kappa shape index (κ2) is 6.97. The quantitative estimate of drug-likeness (QED) is 0.870. The molecule has 1 aliphatic heterocycles. The molecule has 0 saturated carbocycles. The summed E-state index contributed by atoms with van der Waals surface area (Å²) < 4.78 is 26.9. The van der Waals surface area contributed by atoms with E-state index < -0.39 is 5.92 Å². The van der Waals surface area contributed by atoms with Crippen molar-refractivity contribution in [1.82, 2.24) is 10.3 Å². The average Bonchev–Trinajstić information content (AvgIpc) is 2.47. The fourth-order valence-electron chi connectivity index (χ4n) is 2.46. The summed E-state index contributed by atoms with van der Waals surface area (Å²) in [6.45, 7) is 5.61. The van der Waals surface area contributed by atoms with Crippen LogP contribution >= 0.6 is 0 Å². The number of alkyl halides is 2. The van der Waals surface area contributed by atoms with Crippen LogP contribution in [0.25, 0.3) is 0 Å². The molecule has 0 radical (unpaired) electrons. The molecule has 2 heterocycles. The molecule has 0 atom stereocenters. The predicted molar refractivity (Wildman–Crippen MR) is 77.5 cm³/mol. The standard InChI is InChI=1S/C15H23F2N3/c1-2-6-15(16,17)7-5-13-3-4-14(19-12-13)20-10-8-18-9-11-20/h3-4,12,18H,2,5-11H2,1H3. The molecule has 1 fully saturated rings. The predicted octanol–water partition coefficient (Wildman–Crippen LogP) is 2.86.